The number of carbonyl (C=O) groups is 2. The topological polar surface area (TPSA) is 62.3 Å². The van der Waals surface area contributed by atoms with Gasteiger partial charge >= 0.3 is 0 Å². The number of pyridine rings is 1. The molecule has 0 bridgehead atoms. The zero-order valence-electron chi connectivity index (χ0n) is 13.5. The smallest absolute Gasteiger partial charge is 0.239 e. The van der Waals surface area contributed by atoms with Crippen LogP contribution < -0.4 is 5.32 Å². The molecule has 1 heterocycles. The van der Waals surface area contributed by atoms with Gasteiger partial charge in [0.05, 0.1) is 6.54 Å². The Morgan fingerprint density at radius 2 is 1.75 bits per heavy atom. The van der Waals surface area contributed by atoms with Gasteiger partial charge in [0.1, 0.15) is 5.82 Å². The summed E-state index contributed by atoms with van der Waals surface area (Å²) in [4.78, 5) is 29.1. The molecule has 1 aromatic carbocycles. The first-order valence-corrected chi connectivity index (χ1v) is 7.70. The van der Waals surface area contributed by atoms with Gasteiger partial charge in [0.25, 0.3) is 0 Å². The first-order valence-electron chi connectivity index (χ1n) is 7.70. The molecule has 24 heavy (non-hydrogen) atoms. The van der Waals surface area contributed by atoms with E-state index in [1.807, 2.05) is 12.1 Å². The molecule has 0 aliphatic carbocycles. The Hall–Kier alpha value is -2.76. The normalized spacial score (nSPS) is 10.2. The second-order valence-corrected chi connectivity index (χ2v) is 5.45. The lowest BCUT2D eigenvalue weighted by Crippen LogP contribution is -2.40. The van der Waals surface area contributed by atoms with Crippen LogP contribution in [-0.2, 0) is 22.6 Å². The zero-order chi connectivity index (χ0) is 17.4. The van der Waals surface area contributed by atoms with Crippen LogP contribution in [0.4, 0.5) is 4.39 Å². The van der Waals surface area contributed by atoms with Gasteiger partial charge in [-0.2, -0.15) is 0 Å². The van der Waals surface area contributed by atoms with Crippen LogP contribution in [-0.4, -0.2) is 34.8 Å². The summed E-state index contributed by atoms with van der Waals surface area (Å²) in [7, 11) is 0. The molecule has 0 unspecified atom stereocenters. The highest BCUT2D eigenvalue weighted by atomic mass is 19.1. The molecule has 2 amide bonds. The lowest BCUT2D eigenvalue weighted by Gasteiger charge is -2.20. The molecule has 6 heteroatoms. The van der Waals surface area contributed by atoms with Crippen LogP contribution in [0.15, 0.2) is 48.8 Å². The number of aromatic nitrogens is 1. The van der Waals surface area contributed by atoms with Crippen molar-refractivity contribution in [3.05, 3.63) is 65.7 Å². The summed E-state index contributed by atoms with van der Waals surface area (Å²) >= 11 is 0. The Balaban J connectivity index is 1.82. The van der Waals surface area contributed by atoms with Gasteiger partial charge in [0, 0.05) is 32.4 Å². The predicted octanol–water partition coefficient (Wildman–Crippen LogP) is 1.93. The van der Waals surface area contributed by atoms with Gasteiger partial charge in [-0.1, -0.05) is 12.1 Å². The summed E-state index contributed by atoms with van der Waals surface area (Å²) in [6.45, 7) is 2.23. The fourth-order valence-corrected chi connectivity index (χ4v) is 2.19. The van der Waals surface area contributed by atoms with Crippen LogP contribution >= 0.6 is 0 Å². The maximum Gasteiger partial charge on any atom is 0.239 e. The number of halogens is 1. The van der Waals surface area contributed by atoms with E-state index in [4.69, 9.17) is 0 Å². The first-order chi connectivity index (χ1) is 11.5. The van der Waals surface area contributed by atoms with Crippen molar-refractivity contribution in [2.24, 2.45) is 0 Å². The number of nitrogens with zero attached hydrogens (tertiary/aromatic N) is 2. The van der Waals surface area contributed by atoms with E-state index in [1.54, 1.807) is 24.5 Å². The van der Waals surface area contributed by atoms with E-state index in [1.165, 1.54) is 24.0 Å². The third-order valence-corrected chi connectivity index (χ3v) is 3.60. The predicted molar refractivity (Wildman–Crippen MR) is 88.4 cm³/mol. The summed E-state index contributed by atoms with van der Waals surface area (Å²) in [6.07, 6.45) is 3.88. The van der Waals surface area contributed by atoms with Crippen LogP contribution in [0.1, 0.15) is 18.1 Å². The van der Waals surface area contributed by atoms with E-state index >= 15 is 0 Å². The quantitative estimate of drug-likeness (QED) is 0.844. The molecule has 2 aromatic rings. The fourth-order valence-electron chi connectivity index (χ4n) is 2.19. The van der Waals surface area contributed by atoms with Gasteiger partial charge in [-0.3, -0.25) is 14.6 Å². The van der Waals surface area contributed by atoms with Gasteiger partial charge in [-0.05, 0) is 41.8 Å². The van der Waals surface area contributed by atoms with E-state index < -0.39 is 0 Å². The number of amides is 2. The number of rotatable bonds is 7. The van der Waals surface area contributed by atoms with Gasteiger partial charge in [0.2, 0.25) is 11.8 Å². The van der Waals surface area contributed by atoms with Crippen molar-refractivity contribution < 1.29 is 14.0 Å². The molecule has 0 saturated heterocycles. The number of carbonyl (C=O) groups excluding carboxylic acids is 2. The van der Waals surface area contributed by atoms with Crippen LogP contribution in [0, 0.1) is 5.82 Å². The van der Waals surface area contributed by atoms with E-state index in [-0.39, 0.29) is 24.2 Å². The monoisotopic (exact) mass is 329 g/mol. The highest BCUT2D eigenvalue weighted by molar-refractivity contribution is 5.83. The van der Waals surface area contributed by atoms with Crippen molar-refractivity contribution in [2.75, 3.05) is 13.1 Å². The van der Waals surface area contributed by atoms with E-state index in [0.29, 0.717) is 19.5 Å². The molecular weight excluding hydrogens is 309 g/mol. The summed E-state index contributed by atoms with van der Waals surface area (Å²) in [5, 5.41) is 2.78. The zero-order valence-corrected chi connectivity index (χ0v) is 13.5. The van der Waals surface area contributed by atoms with E-state index in [0.717, 1.165) is 11.1 Å². The van der Waals surface area contributed by atoms with Gasteiger partial charge in [-0.25, -0.2) is 4.39 Å². The lowest BCUT2D eigenvalue weighted by molar-refractivity contribution is -0.134. The molecule has 1 N–H and O–H groups in total. The minimum atomic E-state index is -0.294. The number of benzene rings is 1. The highest BCUT2D eigenvalue weighted by Crippen LogP contribution is 2.05. The Kier molecular flexibility index (Phi) is 6.42. The largest absolute Gasteiger partial charge is 0.350 e. The third kappa shape index (κ3) is 5.79. The molecule has 126 valence electrons. The van der Waals surface area contributed by atoms with Crippen molar-refractivity contribution in [1.29, 1.82) is 0 Å². The third-order valence-electron chi connectivity index (χ3n) is 3.60. The van der Waals surface area contributed by atoms with Crippen LogP contribution in [0.2, 0.25) is 0 Å². The van der Waals surface area contributed by atoms with E-state index in [2.05, 4.69) is 10.3 Å². The maximum atomic E-state index is 12.9. The van der Waals surface area contributed by atoms with E-state index in [9.17, 15) is 14.0 Å². The van der Waals surface area contributed by atoms with Crippen LogP contribution in [0.3, 0.4) is 0 Å². The van der Waals surface area contributed by atoms with Gasteiger partial charge in [-0.15, -0.1) is 0 Å². The van der Waals surface area contributed by atoms with Crippen LogP contribution in [0.25, 0.3) is 0 Å². The molecule has 2 rings (SSSR count). The maximum absolute atomic E-state index is 12.9. The number of nitrogens with one attached hydrogen (secondary N) is 1. The minimum absolute atomic E-state index is 0.00160. The molecular formula is C18H20FN3O2. The van der Waals surface area contributed by atoms with Crippen LogP contribution in [0.5, 0.6) is 0 Å². The number of hydrogen-bond acceptors (Lipinski definition) is 3. The molecule has 0 aliphatic rings. The second-order valence-electron chi connectivity index (χ2n) is 5.45. The Labute approximate surface area is 140 Å². The first kappa shape index (κ1) is 17.6. The molecule has 0 radical (unpaired) electrons. The Morgan fingerprint density at radius 3 is 2.38 bits per heavy atom. The second kappa shape index (κ2) is 8.76. The molecule has 0 saturated carbocycles. The van der Waals surface area contributed by atoms with Crippen molar-refractivity contribution in [2.45, 2.75) is 19.9 Å². The molecule has 5 nitrogen and oxygen atoms in total. The minimum Gasteiger partial charge on any atom is -0.350 e. The Morgan fingerprint density at radius 1 is 1.08 bits per heavy atom. The fraction of sp³-hybridized carbons (Fsp3) is 0.278. The molecule has 1 aromatic heterocycles. The number of hydrogen-bond donors (Lipinski definition) is 1. The average molecular weight is 329 g/mol. The van der Waals surface area contributed by atoms with Crippen molar-refractivity contribution in [1.82, 2.24) is 15.2 Å². The van der Waals surface area contributed by atoms with Crippen molar-refractivity contribution in [3.8, 4) is 0 Å². The SMILES string of the molecule is CC(=O)N(CCc1ccc(F)cc1)CC(=O)NCc1ccncc1. The van der Waals surface area contributed by atoms with Crippen molar-refractivity contribution in [3.63, 3.8) is 0 Å². The Bertz CT molecular complexity index is 674. The summed E-state index contributed by atoms with van der Waals surface area (Å²) < 4.78 is 12.9. The van der Waals surface area contributed by atoms with Crippen molar-refractivity contribution >= 4 is 11.8 Å². The lowest BCUT2D eigenvalue weighted by atomic mass is 10.1. The molecule has 0 aliphatic heterocycles. The van der Waals surface area contributed by atoms with Gasteiger partial charge < -0.3 is 10.2 Å². The molecule has 0 spiro atoms. The standard InChI is InChI=1S/C18H20FN3O2/c1-14(23)22(11-8-15-2-4-17(19)5-3-15)13-18(24)21-12-16-6-9-20-10-7-16/h2-7,9-10H,8,11-13H2,1H3,(H,21,24). The molecule has 0 fully saturated rings. The summed E-state index contributed by atoms with van der Waals surface area (Å²) in [6, 6.07) is 9.76. The van der Waals surface area contributed by atoms with Gasteiger partial charge in [0.15, 0.2) is 0 Å². The highest BCUT2D eigenvalue weighted by Gasteiger charge is 2.13. The molecule has 0 atom stereocenters. The summed E-state index contributed by atoms with van der Waals surface area (Å²) in [5.41, 5.74) is 1.86. The summed E-state index contributed by atoms with van der Waals surface area (Å²) in [5.74, 6) is -0.685. The average Bonchev–Trinajstić information content (AvgIpc) is 2.59.